The molecule has 9 nitrogen and oxygen atoms in total. The van der Waals surface area contributed by atoms with E-state index in [1.807, 2.05) is 6.92 Å². The molecule has 0 aromatic heterocycles. The fourth-order valence-corrected chi connectivity index (χ4v) is 2.92. The number of carbonyl (C=O) groups excluding carboxylic acids is 5. The first-order valence-electron chi connectivity index (χ1n) is 10.3. The average molecular weight is 450 g/mol. The topological polar surface area (TPSA) is 119 Å². The largest absolute Gasteiger partial charge is 0.462 e. The Kier molecular flexibility index (Phi) is 7.69. The lowest BCUT2D eigenvalue weighted by molar-refractivity contribution is -0.120. The van der Waals surface area contributed by atoms with Crippen molar-refractivity contribution in [2.24, 2.45) is 0 Å². The van der Waals surface area contributed by atoms with E-state index < -0.39 is 36.3 Å². The van der Waals surface area contributed by atoms with Gasteiger partial charge in [-0.05, 0) is 48.9 Å². The van der Waals surface area contributed by atoms with E-state index >= 15 is 0 Å². The van der Waals surface area contributed by atoms with Crippen LogP contribution < -0.4 is 10.2 Å². The SMILES string of the molecule is CCCCOC(=O)c1ccc(NC(=O)COC(=O)c2cccc(N3C(=O)C=CC3=O)c2)cc1. The monoisotopic (exact) mass is 450 g/mol. The van der Waals surface area contributed by atoms with E-state index in [1.54, 1.807) is 0 Å². The third-order valence-electron chi connectivity index (χ3n) is 4.62. The van der Waals surface area contributed by atoms with Gasteiger partial charge in [0.15, 0.2) is 6.61 Å². The molecule has 0 radical (unpaired) electrons. The zero-order valence-electron chi connectivity index (χ0n) is 17.9. The highest BCUT2D eigenvalue weighted by Gasteiger charge is 2.25. The summed E-state index contributed by atoms with van der Waals surface area (Å²) < 4.78 is 10.1. The van der Waals surface area contributed by atoms with Gasteiger partial charge in [0.05, 0.1) is 23.4 Å². The van der Waals surface area contributed by atoms with Crippen LogP contribution in [0.1, 0.15) is 40.5 Å². The van der Waals surface area contributed by atoms with Gasteiger partial charge in [-0.3, -0.25) is 14.4 Å². The normalized spacial score (nSPS) is 12.6. The second-order valence-corrected chi connectivity index (χ2v) is 7.09. The molecule has 2 aromatic rings. The van der Waals surface area contributed by atoms with E-state index in [4.69, 9.17) is 9.47 Å². The molecule has 0 atom stereocenters. The summed E-state index contributed by atoms with van der Waals surface area (Å²) in [6, 6.07) is 11.9. The molecular weight excluding hydrogens is 428 g/mol. The molecule has 0 spiro atoms. The minimum atomic E-state index is -0.788. The maximum absolute atomic E-state index is 12.3. The number of amides is 3. The number of carbonyl (C=O) groups is 5. The van der Waals surface area contributed by atoms with Gasteiger partial charge >= 0.3 is 11.9 Å². The van der Waals surface area contributed by atoms with E-state index in [1.165, 1.54) is 48.5 Å². The summed E-state index contributed by atoms with van der Waals surface area (Å²) in [5.74, 6) is -2.82. The molecule has 1 heterocycles. The second kappa shape index (κ2) is 10.9. The van der Waals surface area contributed by atoms with Gasteiger partial charge in [0.1, 0.15) is 0 Å². The summed E-state index contributed by atoms with van der Waals surface area (Å²) in [7, 11) is 0. The van der Waals surface area contributed by atoms with Gasteiger partial charge in [-0.1, -0.05) is 19.4 Å². The number of nitrogens with one attached hydrogen (secondary N) is 1. The van der Waals surface area contributed by atoms with Gasteiger partial charge in [0.2, 0.25) is 0 Å². The highest BCUT2D eigenvalue weighted by Crippen LogP contribution is 2.20. The van der Waals surface area contributed by atoms with E-state index in [0.717, 1.165) is 29.9 Å². The number of unbranched alkanes of at least 4 members (excludes halogenated alkanes) is 1. The Bertz CT molecular complexity index is 1090. The predicted molar refractivity (Wildman–Crippen MR) is 119 cm³/mol. The Labute approximate surface area is 190 Å². The van der Waals surface area contributed by atoms with Crippen LogP contribution in [-0.4, -0.2) is 42.9 Å². The number of esters is 2. The minimum Gasteiger partial charge on any atom is -0.462 e. The molecule has 1 aliphatic heterocycles. The summed E-state index contributed by atoms with van der Waals surface area (Å²) in [6.45, 7) is 1.80. The zero-order chi connectivity index (χ0) is 23.8. The van der Waals surface area contributed by atoms with Gasteiger partial charge in [-0.2, -0.15) is 0 Å². The molecule has 0 fully saturated rings. The number of anilines is 2. The smallest absolute Gasteiger partial charge is 0.338 e. The van der Waals surface area contributed by atoms with Gasteiger partial charge < -0.3 is 14.8 Å². The van der Waals surface area contributed by atoms with Crippen molar-refractivity contribution in [2.75, 3.05) is 23.4 Å². The Hall–Kier alpha value is -4.27. The standard InChI is InChI=1S/C24H22N2O7/c1-2-3-13-32-23(30)16-7-9-18(10-8-16)25-20(27)15-33-24(31)17-5-4-6-19(14-17)26-21(28)11-12-22(26)29/h4-12,14H,2-3,13,15H2,1H3,(H,25,27). The molecular formula is C24H22N2O7. The number of ether oxygens (including phenoxy) is 2. The lowest BCUT2D eigenvalue weighted by Crippen LogP contribution is -2.29. The zero-order valence-corrected chi connectivity index (χ0v) is 17.9. The molecule has 170 valence electrons. The quantitative estimate of drug-likeness (QED) is 0.354. The van der Waals surface area contributed by atoms with Crippen molar-refractivity contribution < 1.29 is 33.4 Å². The van der Waals surface area contributed by atoms with E-state index in [2.05, 4.69) is 5.32 Å². The van der Waals surface area contributed by atoms with Crippen molar-refractivity contribution in [1.82, 2.24) is 0 Å². The molecule has 0 unspecified atom stereocenters. The van der Waals surface area contributed by atoms with Crippen molar-refractivity contribution in [2.45, 2.75) is 19.8 Å². The minimum absolute atomic E-state index is 0.0822. The third kappa shape index (κ3) is 6.13. The molecule has 33 heavy (non-hydrogen) atoms. The Morgan fingerprint density at radius 1 is 0.879 bits per heavy atom. The van der Waals surface area contributed by atoms with E-state index in [-0.39, 0.29) is 11.3 Å². The molecule has 3 rings (SSSR count). The average Bonchev–Trinajstić information content (AvgIpc) is 3.16. The first-order chi connectivity index (χ1) is 15.9. The number of benzene rings is 2. The van der Waals surface area contributed by atoms with E-state index in [0.29, 0.717) is 17.9 Å². The summed E-state index contributed by atoms with van der Waals surface area (Å²) in [6.07, 6.45) is 3.98. The number of imide groups is 1. The van der Waals surface area contributed by atoms with Crippen LogP contribution in [0.3, 0.4) is 0 Å². The highest BCUT2D eigenvalue weighted by atomic mass is 16.5. The maximum atomic E-state index is 12.3. The number of nitrogens with zero attached hydrogens (tertiary/aromatic N) is 1. The van der Waals surface area contributed by atoms with Crippen molar-refractivity contribution in [3.05, 3.63) is 71.8 Å². The molecule has 1 aliphatic rings. The number of rotatable bonds is 9. The Balaban J connectivity index is 1.51. The van der Waals surface area contributed by atoms with Gasteiger partial charge in [-0.15, -0.1) is 0 Å². The summed E-state index contributed by atoms with van der Waals surface area (Å²) in [5.41, 5.74) is 1.09. The fraction of sp³-hybridized carbons (Fsp3) is 0.208. The van der Waals surface area contributed by atoms with Gasteiger partial charge in [-0.25, -0.2) is 14.5 Å². The van der Waals surface area contributed by atoms with Gasteiger partial charge in [0.25, 0.3) is 17.7 Å². The van der Waals surface area contributed by atoms with Crippen LogP contribution >= 0.6 is 0 Å². The lowest BCUT2D eigenvalue weighted by Gasteiger charge is -2.14. The van der Waals surface area contributed by atoms with Gasteiger partial charge in [0, 0.05) is 17.8 Å². The summed E-state index contributed by atoms with van der Waals surface area (Å²) in [5, 5.41) is 2.56. The van der Waals surface area contributed by atoms with Crippen LogP contribution in [0.15, 0.2) is 60.7 Å². The molecule has 0 aliphatic carbocycles. The van der Waals surface area contributed by atoms with Crippen molar-refractivity contribution in [3.8, 4) is 0 Å². The van der Waals surface area contributed by atoms with Crippen LogP contribution in [-0.2, 0) is 23.9 Å². The molecule has 0 bridgehead atoms. The highest BCUT2D eigenvalue weighted by molar-refractivity contribution is 6.28. The first-order valence-corrected chi connectivity index (χ1v) is 10.3. The summed E-state index contributed by atoms with van der Waals surface area (Å²) in [4.78, 5) is 60.8. The fourth-order valence-electron chi connectivity index (χ4n) is 2.92. The number of hydrogen-bond donors (Lipinski definition) is 1. The molecule has 3 amide bonds. The first kappa shape index (κ1) is 23.4. The van der Waals surface area contributed by atoms with Crippen LogP contribution in [0, 0.1) is 0 Å². The van der Waals surface area contributed by atoms with Crippen molar-refractivity contribution in [3.63, 3.8) is 0 Å². The third-order valence-corrected chi connectivity index (χ3v) is 4.62. The van der Waals surface area contributed by atoms with Crippen LogP contribution in [0.5, 0.6) is 0 Å². The van der Waals surface area contributed by atoms with Crippen LogP contribution in [0.4, 0.5) is 11.4 Å². The lowest BCUT2D eigenvalue weighted by atomic mass is 10.2. The van der Waals surface area contributed by atoms with E-state index in [9.17, 15) is 24.0 Å². The number of hydrogen-bond acceptors (Lipinski definition) is 7. The van der Waals surface area contributed by atoms with Crippen molar-refractivity contribution in [1.29, 1.82) is 0 Å². The predicted octanol–water partition coefficient (Wildman–Crippen LogP) is 2.87. The molecule has 1 N–H and O–H groups in total. The van der Waals surface area contributed by atoms with Crippen LogP contribution in [0.2, 0.25) is 0 Å². The second-order valence-electron chi connectivity index (χ2n) is 7.09. The van der Waals surface area contributed by atoms with Crippen molar-refractivity contribution >= 4 is 41.0 Å². The Morgan fingerprint density at radius 3 is 2.21 bits per heavy atom. The Morgan fingerprint density at radius 2 is 1.55 bits per heavy atom. The molecule has 2 aromatic carbocycles. The molecule has 0 saturated heterocycles. The van der Waals surface area contributed by atoms with Crippen LogP contribution in [0.25, 0.3) is 0 Å². The summed E-state index contributed by atoms with van der Waals surface area (Å²) >= 11 is 0. The molecule has 9 heteroatoms. The molecule has 0 saturated carbocycles. The maximum Gasteiger partial charge on any atom is 0.338 e.